The van der Waals surface area contributed by atoms with Crippen LogP contribution in [0.3, 0.4) is 0 Å². The number of benzene rings is 1. The van der Waals surface area contributed by atoms with Crippen LogP contribution in [0.25, 0.3) is 0 Å². The summed E-state index contributed by atoms with van der Waals surface area (Å²) in [6.45, 7) is 10.8. The van der Waals surface area contributed by atoms with Gasteiger partial charge in [-0.15, -0.1) is 0 Å². The van der Waals surface area contributed by atoms with Crippen molar-refractivity contribution in [2.45, 2.75) is 50.9 Å². The number of ether oxygens (including phenoxy) is 3. The monoisotopic (exact) mass is 355 g/mol. The lowest BCUT2D eigenvalue weighted by molar-refractivity contribution is -0.169. The number of fused-ring (bicyclic) bond motifs is 3. The van der Waals surface area contributed by atoms with Gasteiger partial charge >= 0.3 is 0 Å². The maximum Gasteiger partial charge on any atom is 0.126 e. The minimum absolute atomic E-state index is 0.0476. The Morgan fingerprint density at radius 3 is 2.73 bits per heavy atom. The van der Waals surface area contributed by atoms with Crippen molar-refractivity contribution in [3.63, 3.8) is 0 Å². The molecule has 0 aromatic heterocycles. The zero-order valence-electron chi connectivity index (χ0n) is 16.1. The molecule has 2 fully saturated rings. The lowest BCUT2D eigenvalue weighted by atomic mass is 9.73. The zero-order valence-corrected chi connectivity index (χ0v) is 16.1. The van der Waals surface area contributed by atoms with E-state index in [0.717, 1.165) is 57.0 Å². The molecule has 0 bridgehead atoms. The second kappa shape index (κ2) is 6.88. The van der Waals surface area contributed by atoms with E-state index in [4.69, 9.17) is 14.2 Å². The van der Waals surface area contributed by atoms with Crippen LogP contribution >= 0.6 is 0 Å². The molecule has 0 aliphatic carbocycles. The fourth-order valence-corrected chi connectivity index (χ4v) is 4.35. The molecular formula is C22H29NO3. The van der Waals surface area contributed by atoms with E-state index in [-0.39, 0.29) is 11.7 Å². The summed E-state index contributed by atoms with van der Waals surface area (Å²) in [5.74, 6) is 8.11. The summed E-state index contributed by atoms with van der Waals surface area (Å²) in [4.78, 5) is 2.35. The molecule has 3 heterocycles. The molecule has 4 rings (SSSR count). The molecule has 0 unspecified atom stereocenters. The van der Waals surface area contributed by atoms with Crippen molar-refractivity contribution in [1.82, 2.24) is 4.90 Å². The summed E-state index contributed by atoms with van der Waals surface area (Å²) in [5, 5.41) is 0. The third-order valence-electron chi connectivity index (χ3n) is 5.94. The van der Waals surface area contributed by atoms with Crippen LogP contribution in [-0.2, 0) is 9.47 Å². The highest BCUT2D eigenvalue weighted by molar-refractivity contribution is 5.39. The minimum atomic E-state index is -0.395. The maximum atomic E-state index is 6.63. The predicted molar refractivity (Wildman–Crippen MR) is 101 cm³/mol. The largest absolute Gasteiger partial charge is 0.487 e. The van der Waals surface area contributed by atoms with Crippen LogP contribution in [0.1, 0.15) is 45.3 Å². The second-order valence-electron chi connectivity index (χ2n) is 8.35. The van der Waals surface area contributed by atoms with Gasteiger partial charge in [-0.3, -0.25) is 4.90 Å². The van der Waals surface area contributed by atoms with Gasteiger partial charge in [0.1, 0.15) is 17.0 Å². The van der Waals surface area contributed by atoms with E-state index in [1.165, 1.54) is 0 Å². The Kier molecular flexibility index (Phi) is 4.73. The van der Waals surface area contributed by atoms with E-state index in [1.807, 2.05) is 12.1 Å². The number of hydrogen-bond acceptors (Lipinski definition) is 4. The molecule has 4 nitrogen and oxygen atoms in total. The zero-order chi connectivity index (χ0) is 18.2. The molecule has 0 spiro atoms. The molecule has 3 aliphatic heterocycles. The van der Waals surface area contributed by atoms with Gasteiger partial charge in [-0.05, 0) is 39.7 Å². The average molecular weight is 355 g/mol. The van der Waals surface area contributed by atoms with Crippen LogP contribution in [0.5, 0.6) is 5.75 Å². The molecule has 0 N–H and O–H groups in total. The quantitative estimate of drug-likeness (QED) is 0.723. The van der Waals surface area contributed by atoms with Crippen molar-refractivity contribution < 1.29 is 14.2 Å². The van der Waals surface area contributed by atoms with Crippen molar-refractivity contribution in [1.29, 1.82) is 0 Å². The summed E-state index contributed by atoms with van der Waals surface area (Å²) in [5.41, 5.74) is 0.549. The number of para-hydroxylation sites is 1. The standard InChI is InChI=1S/C22H29NO3/c1-21(2)18-9-11-22(3,10-6-12-23-13-15-24-16-14-23)26-20(18)17-7-4-5-8-19(17)25-21/h4-5,7-8,18,20H,9,11-16H2,1-3H3/t18-,20+,22-/m0/s1. The predicted octanol–water partition coefficient (Wildman–Crippen LogP) is 3.42. The highest BCUT2D eigenvalue weighted by Gasteiger charge is 2.49. The Morgan fingerprint density at radius 2 is 1.92 bits per heavy atom. The van der Waals surface area contributed by atoms with Gasteiger partial charge in [0, 0.05) is 24.6 Å². The maximum absolute atomic E-state index is 6.63. The summed E-state index contributed by atoms with van der Waals surface area (Å²) < 4.78 is 18.3. The van der Waals surface area contributed by atoms with Crippen LogP contribution in [-0.4, -0.2) is 49.0 Å². The topological polar surface area (TPSA) is 30.9 Å². The normalized spacial score (nSPS) is 33.2. The number of nitrogens with zero attached hydrogens (tertiary/aromatic N) is 1. The Labute approximate surface area is 156 Å². The molecule has 1 aromatic carbocycles. The van der Waals surface area contributed by atoms with E-state index in [1.54, 1.807) is 0 Å². The SMILES string of the molecule is CC1(C)Oc2ccccc2[C@H]2O[C@@](C)(C#CCN3CCOCC3)CC[C@@H]21. The Bertz CT molecular complexity index is 714. The molecule has 0 saturated carbocycles. The first-order valence-electron chi connectivity index (χ1n) is 9.73. The third kappa shape index (κ3) is 3.49. The molecule has 26 heavy (non-hydrogen) atoms. The van der Waals surface area contributed by atoms with E-state index in [2.05, 4.69) is 49.6 Å². The van der Waals surface area contributed by atoms with Gasteiger partial charge in [0.25, 0.3) is 0 Å². The molecule has 3 atom stereocenters. The van der Waals surface area contributed by atoms with Gasteiger partial charge in [0.15, 0.2) is 0 Å². The summed E-state index contributed by atoms with van der Waals surface area (Å²) in [6, 6.07) is 8.28. The summed E-state index contributed by atoms with van der Waals surface area (Å²) in [6.07, 6.45) is 2.06. The smallest absolute Gasteiger partial charge is 0.126 e. The first-order valence-corrected chi connectivity index (χ1v) is 9.73. The van der Waals surface area contributed by atoms with Crippen molar-refractivity contribution in [3.8, 4) is 17.6 Å². The van der Waals surface area contributed by atoms with Crippen molar-refractivity contribution in [2.24, 2.45) is 5.92 Å². The Hall–Kier alpha value is -1.54. The van der Waals surface area contributed by atoms with Crippen LogP contribution in [0, 0.1) is 17.8 Å². The van der Waals surface area contributed by atoms with Crippen LogP contribution in [0.2, 0.25) is 0 Å². The van der Waals surface area contributed by atoms with E-state index >= 15 is 0 Å². The summed E-state index contributed by atoms with van der Waals surface area (Å²) >= 11 is 0. The molecule has 4 heteroatoms. The van der Waals surface area contributed by atoms with Gasteiger partial charge in [0.2, 0.25) is 0 Å². The molecule has 0 amide bonds. The van der Waals surface area contributed by atoms with Gasteiger partial charge in [-0.1, -0.05) is 30.0 Å². The second-order valence-corrected chi connectivity index (χ2v) is 8.35. The van der Waals surface area contributed by atoms with Crippen molar-refractivity contribution in [2.75, 3.05) is 32.8 Å². The fourth-order valence-electron chi connectivity index (χ4n) is 4.35. The summed E-state index contributed by atoms with van der Waals surface area (Å²) in [7, 11) is 0. The lowest BCUT2D eigenvalue weighted by Gasteiger charge is -2.50. The minimum Gasteiger partial charge on any atom is -0.487 e. The first-order chi connectivity index (χ1) is 12.5. The molecule has 0 radical (unpaired) electrons. The molecule has 140 valence electrons. The highest BCUT2D eigenvalue weighted by Crippen LogP contribution is 2.52. The molecule has 3 aliphatic rings. The lowest BCUT2D eigenvalue weighted by Crippen LogP contribution is -2.50. The van der Waals surface area contributed by atoms with Crippen LogP contribution in [0.15, 0.2) is 24.3 Å². The van der Waals surface area contributed by atoms with Crippen LogP contribution < -0.4 is 4.74 Å². The van der Waals surface area contributed by atoms with Crippen molar-refractivity contribution in [3.05, 3.63) is 29.8 Å². The fraction of sp³-hybridized carbons (Fsp3) is 0.636. The van der Waals surface area contributed by atoms with Gasteiger partial charge in [0.05, 0.1) is 25.9 Å². The van der Waals surface area contributed by atoms with E-state index in [0.29, 0.717) is 5.92 Å². The number of hydrogen-bond donors (Lipinski definition) is 0. The number of morpholine rings is 1. The van der Waals surface area contributed by atoms with E-state index in [9.17, 15) is 0 Å². The highest BCUT2D eigenvalue weighted by atomic mass is 16.5. The Morgan fingerprint density at radius 1 is 1.15 bits per heavy atom. The first kappa shape index (κ1) is 17.9. The van der Waals surface area contributed by atoms with Crippen molar-refractivity contribution >= 4 is 0 Å². The Balaban J connectivity index is 1.52. The van der Waals surface area contributed by atoms with E-state index < -0.39 is 5.60 Å². The molecule has 1 aromatic rings. The number of rotatable bonds is 1. The average Bonchev–Trinajstić information content (AvgIpc) is 2.62. The van der Waals surface area contributed by atoms with Gasteiger partial charge in [-0.2, -0.15) is 0 Å². The van der Waals surface area contributed by atoms with Gasteiger partial charge < -0.3 is 14.2 Å². The molecule has 2 saturated heterocycles. The van der Waals surface area contributed by atoms with Crippen LogP contribution in [0.4, 0.5) is 0 Å². The molecular weight excluding hydrogens is 326 g/mol. The third-order valence-corrected chi connectivity index (χ3v) is 5.94. The van der Waals surface area contributed by atoms with Gasteiger partial charge in [-0.25, -0.2) is 0 Å².